The lowest BCUT2D eigenvalue weighted by atomic mass is 10.4. The number of thiazole rings is 1. The molecule has 0 fully saturated rings. The number of hydrogen-bond donors (Lipinski definition) is 2. The summed E-state index contributed by atoms with van der Waals surface area (Å²) in [6.45, 7) is 0.642. The molecule has 7 nitrogen and oxygen atoms in total. The van der Waals surface area contributed by atoms with Gasteiger partial charge in [0.15, 0.2) is 16.4 Å². The third-order valence-electron chi connectivity index (χ3n) is 2.88. The zero-order valence-corrected chi connectivity index (χ0v) is 10.6. The minimum absolute atomic E-state index is 0.642. The monoisotopic (exact) mass is 271 g/mol. The van der Waals surface area contributed by atoms with Crippen molar-refractivity contribution in [3.05, 3.63) is 36.1 Å². The number of aromatic amines is 1. The summed E-state index contributed by atoms with van der Waals surface area (Å²) in [6, 6.07) is 0. The third kappa shape index (κ3) is 1.65. The van der Waals surface area contributed by atoms with E-state index in [9.17, 15) is 0 Å². The predicted octanol–water partition coefficient (Wildman–Crippen LogP) is 1.67. The van der Waals surface area contributed by atoms with Crippen molar-refractivity contribution >= 4 is 33.3 Å². The Morgan fingerprint density at radius 3 is 3.26 bits per heavy atom. The molecule has 94 valence electrons. The molecule has 4 aromatic rings. The molecule has 0 aliphatic carbocycles. The first-order chi connectivity index (χ1) is 9.42. The van der Waals surface area contributed by atoms with Crippen molar-refractivity contribution in [3.63, 3.8) is 0 Å². The fraction of sp³-hybridized carbons (Fsp3) is 0.0909. The molecule has 0 atom stereocenters. The highest BCUT2D eigenvalue weighted by Gasteiger charge is 2.07. The molecule has 0 spiro atoms. The van der Waals surface area contributed by atoms with E-state index < -0.39 is 0 Å². The fourth-order valence-corrected chi connectivity index (χ4v) is 2.69. The lowest BCUT2D eigenvalue weighted by molar-refractivity contribution is 1.00. The van der Waals surface area contributed by atoms with Crippen molar-refractivity contribution in [2.75, 3.05) is 5.32 Å². The zero-order valence-electron chi connectivity index (χ0n) is 9.74. The van der Waals surface area contributed by atoms with Crippen molar-refractivity contribution < 1.29 is 0 Å². The summed E-state index contributed by atoms with van der Waals surface area (Å²) in [4.78, 5) is 20.8. The van der Waals surface area contributed by atoms with Crippen LogP contribution in [0.4, 0.5) is 5.82 Å². The topological polar surface area (TPSA) is 83.8 Å². The molecule has 0 radical (unpaired) electrons. The van der Waals surface area contributed by atoms with Crippen molar-refractivity contribution in [1.82, 2.24) is 29.3 Å². The van der Waals surface area contributed by atoms with Crippen LogP contribution in [0.3, 0.4) is 0 Å². The minimum Gasteiger partial charge on any atom is -0.363 e. The number of nitrogens with zero attached hydrogens (tertiary/aromatic N) is 5. The van der Waals surface area contributed by atoms with Crippen molar-refractivity contribution in [2.24, 2.45) is 0 Å². The number of imidazole rings is 2. The van der Waals surface area contributed by atoms with E-state index in [-0.39, 0.29) is 0 Å². The van der Waals surface area contributed by atoms with E-state index in [0.717, 1.165) is 22.0 Å². The summed E-state index contributed by atoms with van der Waals surface area (Å²) in [5.41, 5.74) is 2.56. The second kappa shape index (κ2) is 4.02. The molecule has 19 heavy (non-hydrogen) atoms. The molecule has 4 aromatic heterocycles. The number of hydrogen-bond acceptors (Lipinski definition) is 6. The highest BCUT2D eigenvalue weighted by atomic mass is 32.1. The molecule has 8 heteroatoms. The Hall–Kier alpha value is -2.48. The maximum atomic E-state index is 4.33. The zero-order chi connectivity index (χ0) is 12.7. The molecular formula is C11H9N7S. The fourth-order valence-electron chi connectivity index (χ4n) is 1.98. The van der Waals surface area contributed by atoms with Gasteiger partial charge in [0.2, 0.25) is 0 Å². The summed E-state index contributed by atoms with van der Waals surface area (Å²) in [5.74, 6) is 0.743. The number of nitrogens with one attached hydrogen (secondary N) is 2. The minimum atomic E-state index is 0.642. The van der Waals surface area contributed by atoms with Crippen molar-refractivity contribution in [3.8, 4) is 0 Å². The molecule has 0 aliphatic rings. The molecule has 4 rings (SSSR count). The molecule has 0 aliphatic heterocycles. The second-order valence-corrected chi connectivity index (χ2v) is 4.86. The van der Waals surface area contributed by atoms with Gasteiger partial charge < -0.3 is 10.3 Å². The van der Waals surface area contributed by atoms with E-state index in [1.54, 1.807) is 17.7 Å². The molecule has 0 unspecified atom stereocenters. The van der Waals surface area contributed by atoms with E-state index >= 15 is 0 Å². The number of fused-ring (bicyclic) bond motifs is 2. The average molecular weight is 271 g/mol. The van der Waals surface area contributed by atoms with Crippen LogP contribution in [0.5, 0.6) is 0 Å². The average Bonchev–Trinajstić information content (AvgIpc) is 3.13. The molecular weight excluding hydrogens is 262 g/mol. The van der Waals surface area contributed by atoms with Gasteiger partial charge in [0.25, 0.3) is 0 Å². The van der Waals surface area contributed by atoms with Gasteiger partial charge in [0, 0.05) is 11.6 Å². The van der Waals surface area contributed by atoms with Crippen molar-refractivity contribution in [1.29, 1.82) is 0 Å². The molecule has 4 heterocycles. The SMILES string of the molecule is c1nc(NCc2cnc3sccn23)c2[nH]cnc2n1. The number of H-pyrrole nitrogens is 1. The van der Waals surface area contributed by atoms with Gasteiger partial charge in [0.05, 0.1) is 24.8 Å². The Balaban J connectivity index is 1.65. The van der Waals surface area contributed by atoms with Crippen LogP contribution < -0.4 is 5.32 Å². The van der Waals surface area contributed by atoms with Gasteiger partial charge in [-0.15, -0.1) is 11.3 Å². The van der Waals surface area contributed by atoms with E-state index in [1.165, 1.54) is 6.33 Å². The van der Waals surface area contributed by atoms with E-state index in [2.05, 4.69) is 34.6 Å². The maximum Gasteiger partial charge on any atom is 0.193 e. The number of anilines is 1. The Labute approximate surface area is 111 Å². The van der Waals surface area contributed by atoms with Gasteiger partial charge in [-0.1, -0.05) is 0 Å². The molecule has 0 saturated heterocycles. The van der Waals surface area contributed by atoms with Crippen LogP contribution in [0.1, 0.15) is 5.69 Å². The summed E-state index contributed by atoms with van der Waals surface area (Å²) >= 11 is 1.62. The van der Waals surface area contributed by atoms with E-state index in [0.29, 0.717) is 12.2 Å². The van der Waals surface area contributed by atoms with Crippen LogP contribution in [0.2, 0.25) is 0 Å². The van der Waals surface area contributed by atoms with E-state index in [4.69, 9.17) is 0 Å². The summed E-state index contributed by atoms with van der Waals surface area (Å²) < 4.78 is 2.06. The molecule has 0 amide bonds. The van der Waals surface area contributed by atoms with Gasteiger partial charge >= 0.3 is 0 Å². The standard InChI is InChI=1S/C11H9N7S/c1-2-19-11-13-4-7(18(1)11)3-12-9-8-10(15-5-14-8)17-6-16-9/h1-2,4-6H,3H2,(H2,12,14,15,16,17). The van der Waals surface area contributed by atoms with Gasteiger partial charge in [-0.25, -0.2) is 19.9 Å². The van der Waals surface area contributed by atoms with Crippen LogP contribution in [0, 0.1) is 0 Å². The largest absolute Gasteiger partial charge is 0.363 e. The van der Waals surface area contributed by atoms with Gasteiger partial charge in [-0.3, -0.25) is 4.40 Å². The first-order valence-electron chi connectivity index (χ1n) is 5.69. The first kappa shape index (κ1) is 10.4. The Bertz CT molecular complexity index is 843. The van der Waals surface area contributed by atoms with Crippen LogP contribution >= 0.6 is 11.3 Å². The lowest BCUT2D eigenvalue weighted by Gasteiger charge is -2.04. The Morgan fingerprint density at radius 2 is 2.26 bits per heavy atom. The summed E-state index contributed by atoms with van der Waals surface area (Å²) in [7, 11) is 0. The normalized spacial score (nSPS) is 11.4. The maximum absolute atomic E-state index is 4.33. The summed E-state index contributed by atoms with van der Waals surface area (Å²) in [6.07, 6.45) is 6.99. The molecule has 2 N–H and O–H groups in total. The van der Waals surface area contributed by atoms with E-state index in [1.807, 2.05) is 17.8 Å². The third-order valence-corrected chi connectivity index (χ3v) is 3.65. The smallest absolute Gasteiger partial charge is 0.193 e. The quantitative estimate of drug-likeness (QED) is 0.592. The number of aromatic nitrogens is 6. The van der Waals surface area contributed by atoms with Crippen LogP contribution in [-0.4, -0.2) is 29.3 Å². The lowest BCUT2D eigenvalue weighted by Crippen LogP contribution is -2.04. The van der Waals surface area contributed by atoms with Crippen molar-refractivity contribution in [2.45, 2.75) is 6.54 Å². The first-order valence-corrected chi connectivity index (χ1v) is 6.57. The predicted molar refractivity (Wildman–Crippen MR) is 72.1 cm³/mol. The van der Waals surface area contributed by atoms with Gasteiger partial charge in [-0.05, 0) is 0 Å². The van der Waals surface area contributed by atoms with Crippen LogP contribution in [-0.2, 0) is 6.54 Å². The summed E-state index contributed by atoms with van der Waals surface area (Å²) in [5, 5.41) is 5.30. The van der Waals surface area contributed by atoms with Gasteiger partial charge in [0.1, 0.15) is 11.8 Å². The van der Waals surface area contributed by atoms with Gasteiger partial charge in [-0.2, -0.15) is 0 Å². The second-order valence-electron chi connectivity index (χ2n) is 3.98. The Morgan fingerprint density at radius 1 is 1.26 bits per heavy atom. The highest BCUT2D eigenvalue weighted by Crippen LogP contribution is 2.17. The van der Waals surface area contributed by atoms with Crippen LogP contribution in [0.25, 0.3) is 16.1 Å². The molecule has 0 bridgehead atoms. The van der Waals surface area contributed by atoms with Crippen LogP contribution in [0.15, 0.2) is 30.4 Å². The number of rotatable bonds is 3. The molecule has 0 aromatic carbocycles. The molecule has 0 saturated carbocycles. The Kier molecular flexibility index (Phi) is 2.21. The highest BCUT2D eigenvalue weighted by molar-refractivity contribution is 7.15.